The van der Waals surface area contributed by atoms with Gasteiger partial charge in [0.25, 0.3) is 0 Å². The van der Waals surface area contributed by atoms with Crippen molar-refractivity contribution < 1.29 is 13.9 Å². The summed E-state index contributed by atoms with van der Waals surface area (Å²) in [5.41, 5.74) is 0.798. The van der Waals surface area contributed by atoms with Gasteiger partial charge >= 0.3 is 6.03 Å². The SMILES string of the molecule is Cc1ccc(C(CNC(=O)Nc2cccc3ccccc23)N2CCOCC2)o1. The first-order valence-electron chi connectivity index (χ1n) is 9.61. The summed E-state index contributed by atoms with van der Waals surface area (Å²) in [4.78, 5) is 14.9. The van der Waals surface area contributed by atoms with E-state index < -0.39 is 0 Å². The largest absolute Gasteiger partial charge is 0.465 e. The average molecular weight is 379 g/mol. The lowest BCUT2D eigenvalue weighted by Gasteiger charge is -2.33. The molecule has 2 amide bonds. The summed E-state index contributed by atoms with van der Waals surface area (Å²) < 4.78 is 11.3. The fourth-order valence-corrected chi connectivity index (χ4v) is 3.62. The van der Waals surface area contributed by atoms with Gasteiger partial charge in [-0.1, -0.05) is 36.4 Å². The van der Waals surface area contributed by atoms with Gasteiger partial charge in [-0.2, -0.15) is 0 Å². The zero-order valence-electron chi connectivity index (χ0n) is 16.0. The standard InChI is InChI=1S/C22H25N3O3/c1-16-9-10-21(28-16)20(25-11-13-27-14-12-25)15-23-22(26)24-19-8-4-6-17-5-2-3-7-18(17)19/h2-10,20H,11-15H2,1H3,(H2,23,24,26). The maximum Gasteiger partial charge on any atom is 0.319 e. The molecule has 0 saturated carbocycles. The minimum atomic E-state index is -0.224. The van der Waals surface area contributed by atoms with E-state index in [0.29, 0.717) is 19.8 Å². The van der Waals surface area contributed by atoms with E-state index in [2.05, 4.69) is 15.5 Å². The zero-order chi connectivity index (χ0) is 19.3. The monoisotopic (exact) mass is 379 g/mol. The van der Waals surface area contributed by atoms with E-state index in [-0.39, 0.29) is 12.1 Å². The van der Waals surface area contributed by atoms with Crippen LogP contribution in [0.5, 0.6) is 0 Å². The molecule has 146 valence electrons. The first kappa shape index (κ1) is 18.5. The van der Waals surface area contributed by atoms with Gasteiger partial charge in [0.1, 0.15) is 11.5 Å². The van der Waals surface area contributed by atoms with Crippen LogP contribution in [0.25, 0.3) is 10.8 Å². The number of ether oxygens (including phenoxy) is 1. The lowest BCUT2D eigenvalue weighted by molar-refractivity contribution is 0.0122. The van der Waals surface area contributed by atoms with E-state index in [1.165, 1.54) is 0 Å². The normalized spacial score (nSPS) is 16.0. The third-order valence-electron chi connectivity index (χ3n) is 5.07. The van der Waals surface area contributed by atoms with Crippen molar-refractivity contribution in [2.45, 2.75) is 13.0 Å². The first-order valence-corrected chi connectivity index (χ1v) is 9.61. The van der Waals surface area contributed by atoms with Crippen LogP contribution in [0.2, 0.25) is 0 Å². The minimum Gasteiger partial charge on any atom is -0.465 e. The number of aryl methyl sites for hydroxylation is 1. The molecule has 0 spiro atoms. The van der Waals surface area contributed by atoms with Crippen molar-refractivity contribution in [1.29, 1.82) is 0 Å². The molecule has 2 N–H and O–H groups in total. The van der Waals surface area contributed by atoms with Gasteiger partial charge in [-0.25, -0.2) is 4.79 Å². The number of rotatable bonds is 5. The van der Waals surface area contributed by atoms with Gasteiger partial charge in [0.2, 0.25) is 0 Å². The van der Waals surface area contributed by atoms with E-state index in [1.807, 2.05) is 61.5 Å². The third-order valence-corrected chi connectivity index (χ3v) is 5.07. The molecule has 1 aromatic heterocycles. The van der Waals surface area contributed by atoms with Crippen LogP contribution in [-0.2, 0) is 4.74 Å². The molecular formula is C22H25N3O3. The Kier molecular flexibility index (Phi) is 5.60. The Hall–Kier alpha value is -2.83. The summed E-state index contributed by atoms with van der Waals surface area (Å²) in [6.45, 7) is 5.41. The molecule has 28 heavy (non-hydrogen) atoms. The number of nitrogens with zero attached hydrogens (tertiary/aromatic N) is 1. The highest BCUT2D eigenvalue weighted by atomic mass is 16.5. The molecule has 1 aliphatic rings. The molecule has 4 rings (SSSR count). The van der Waals surface area contributed by atoms with Crippen molar-refractivity contribution in [3.05, 3.63) is 66.1 Å². The van der Waals surface area contributed by atoms with E-state index in [4.69, 9.17) is 9.15 Å². The number of fused-ring (bicyclic) bond motifs is 1. The van der Waals surface area contributed by atoms with E-state index in [9.17, 15) is 4.79 Å². The molecule has 1 aliphatic heterocycles. The number of urea groups is 1. The van der Waals surface area contributed by atoms with E-state index >= 15 is 0 Å². The van der Waals surface area contributed by atoms with E-state index in [0.717, 1.165) is 41.1 Å². The maximum absolute atomic E-state index is 12.6. The number of anilines is 1. The van der Waals surface area contributed by atoms with Crippen molar-refractivity contribution in [1.82, 2.24) is 10.2 Å². The van der Waals surface area contributed by atoms with Crippen molar-refractivity contribution in [3.8, 4) is 0 Å². The molecule has 1 fully saturated rings. The fraction of sp³-hybridized carbons (Fsp3) is 0.318. The molecule has 3 aromatic rings. The van der Waals surface area contributed by atoms with Gasteiger partial charge in [-0.05, 0) is 30.5 Å². The predicted octanol–water partition coefficient (Wildman–Crippen LogP) is 3.94. The lowest BCUT2D eigenvalue weighted by atomic mass is 10.1. The lowest BCUT2D eigenvalue weighted by Crippen LogP contribution is -2.44. The highest BCUT2D eigenvalue weighted by molar-refractivity contribution is 6.01. The van der Waals surface area contributed by atoms with Crippen LogP contribution >= 0.6 is 0 Å². The van der Waals surface area contributed by atoms with Crippen molar-refractivity contribution in [2.24, 2.45) is 0 Å². The first-order chi connectivity index (χ1) is 13.7. The second-order valence-corrected chi connectivity index (χ2v) is 6.97. The number of hydrogen-bond donors (Lipinski definition) is 2. The average Bonchev–Trinajstić information content (AvgIpc) is 3.15. The second kappa shape index (κ2) is 8.46. The molecule has 1 unspecified atom stereocenters. The number of carbonyl (C=O) groups is 1. The van der Waals surface area contributed by atoms with Gasteiger partial charge in [0.15, 0.2) is 0 Å². The molecule has 0 aliphatic carbocycles. The molecule has 0 bridgehead atoms. The van der Waals surface area contributed by atoms with Crippen LogP contribution in [0.15, 0.2) is 59.0 Å². The van der Waals surface area contributed by atoms with Crippen LogP contribution in [0.3, 0.4) is 0 Å². The van der Waals surface area contributed by atoms with Crippen LogP contribution < -0.4 is 10.6 Å². The quantitative estimate of drug-likeness (QED) is 0.705. The van der Waals surface area contributed by atoms with Gasteiger partial charge in [-0.15, -0.1) is 0 Å². The highest BCUT2D eigenvalue weighted by Crippen LogP contribution is 2.24. The van der Waals surface area contributed by atoms with E-state index in [1.54, 1.807) is 0 Å². The summed E-state index contributed by atoms with van der Waals surface area (Å²) >= 11 is 0. The number of nitrogens with one attached hydrogen (secondary N) is 2. The minimum absolute atomic E-state index is 0.0177. The van der Waals surface area contributed by atoms with Gasteiger partial charge < -0.3 is 19.8 Å². The highest BCUT2D eigenvalue weighted by Gasteiger charge is 2.25. The molecule has 1 saturated heterocycles. The van der Waals surface area contributed by atoms with Gasteiger partial charge in [0.05, 0.1) is 24.9 Å². The van der Waals surface area contributed by atoms with Gasteiger partial charge in [0, 0.05) is 25.0 Å². The van der Waals surface area contributed by atoms with Crippen molar-refractivity contribution >= 4 is 22.5 Å². The number of hydrogen-bond acceptors (Lipinski definition) is 4. The van der Waals surface area contributed by atoms with Crippen molar-refractivity contribution in [3.63, 3.8) is 0 Å². The fourth-order valence-electron chi connectivity index (χ4n) is 3.62. The molecular weight excluding hydrogens is 354 g/mol. The number of furan rings is 1. The predicted molar refractivity (Wildman–Crippen MR) is 110 cm³/mol. The summed E-state index contributed by atoms with van der Waals surface area (Å²) in [6, 6.07) is 17.6. The smallest absolute Gasteiger partial charge is 0.319 e. The molecule has 1 atom stereocenters. The Bertz CT molecular complexity index is 942. The Morgan fingerprint density at radius 2 is 1.86 bits per heavy atom. The topological polar surface area (TPSA) is 66.7 Å². The van der Waals surface area contributed by atoms with Crippen LogP contribution in [0.4, 0.5) is 10.5 Å². The van der Waals surface area contributed by atoms with Crippen LogP contribution in [0, 0.1) is 6.92 Å². The number of amides is 2. The Balaban J connectivity index is 1.45. The van der Waals surface area contributed by atoms with Gasteiger partial charge in [-0.3, -0.25) is 4.90 Å². The number of morpholine rings is 1. The molecule has 2 heterocycles. The molecule has 6 nitrogen and oxygen atoms in total. The molecule has 6 heteroatoms. The molecule has 0 radical (unpaired) electrons. The summed E-state index contributed by atoms with van der Waals surface area (Å²) in [5, 5.41) is 8.10. The zero-order valence-corrected chi connectivity index (χ0v) is 16.0. The summed E-state index contributed by atoms with van der Waals surface area (Å²) in [6.07, 6.45) is 0. The Morgan fingerprint density at radius 3 is 2.64 bits per heavy atom. The molecule has 2 aromatic carbocycles. The second-order valence-electron chi connectivity index (χ2n) is 6.97. The third kappa shape index (κ3) is 4.18. The van der Waals surface area contributed by atoms with Crippen molar-refractivity contribution in [2.75, 3.05) is 38.2 Å². The summed E-state index contributed by atoms with van der Waals surface area (Å²) in [7, 11) is 0. The van der Waals surface area contributed by atoms with Crippen LogP contribution in [-0.4, -0.2) is 43.8 Å². The maximum atomic E-state index is 12.6. The number of carbonyl (C=O) groups excluding carboxylic acids is 1. The van der Waals surface area contributed by atoms with Crippen LogP contribution in [0.1, 0.15) is 17.6 Å². The summed E-state index contributed by atoms with van der Waals surface area (Å²) in [5.74, 6) is 1.73. The Morgan fingerprint density at radius 1 is 1.07 bits per heavy atom. The Labute approximate surface area is 164 Å². The number of benzene rings is 2.